The summed E-state index contributed by atoms with van der Waals surface area (Å²) in [5.74, 6) is -0.0418. The lowest BCUT2D eigenvalue weighted by molar-refractivity contribution is 0.953. The minimum absolute atomic E-state index is 0.0418. The molecule has 1 aromatic heterocycles. The van der Waals surface area contributed by atoms with Crippen LogP contribution in [0.2, 0.25) is 0 Å². The van der Waals surface area contributed by atoms with Gasteiger partial charge in [-0.3, -0.25) is 5.41 Å². The molecule has 0 radical (unpaired) electrons. The second-order valence-electron chi connectivity index (χ2n) is 4.01. The standard InChI is InChI=1S/C13H14N4S/c1-8-3-4-11(9(2)7-8)18-13-16-6-5-10(17-13)12(14)15/h3-7H,1-2H3,(H3,14,15). The zero-order chi connectivity index (χ0) is 13.1. The number of nitrogens with one attached hydrogen (secondary N) is 1. The molecule has 18 heavy (non-hydrogen) atoms. The van der Waals surface area contributed by atoms with E-state index in [-0.39, 0.29) is 5.84 Å². The maximum absolute atomic E-state index is 7.36. The van der Waals surface area contributed by atoms with E-state index in [2.05, 4.69) is 42.0 Å². The van der Waals surface area contributed by atoms with Crippen molar-refractivity contribution in [2.75, 3.05) is 0 Å². The topological polar surface area (TPSA) is 75.7 Å². The summed E-state index contributed by atoms with van der Waals surface area (Å²) in [5.41, 5.74) is 8.29. The van der Waals surface area contributed by atoms with E-state index in [9.17, 15) is 0 Å². The maximum atomic E-state index is 7.36. The van der Waals surface area contributed by atoms with Gasteiger partial charge < -0.3 is 5.73 Å². The number of rotatable bonds is 3. The molecule has 0 aliphatic carbocycles. The van der Waals surface area contributed by atoms with E-state index in [1.807, 2.05) is 0 Å². The van der Waals surface area contributed by atoms with E-state index in [1.54, 1.807) is 12.3 Å². The third-order valence-corrected chi connectivity index (χ3v) is 3.50. The maximum Gasteiger partial charge on any atom is 0.193 e. The van der Waals surface area contributed by atoms with Crippen molar-refractivity contribution in [2.45, 2.75) is 23.9 Å². The first-order valence-corrected chi connectivity index (χ1v) is 6.30. The summed E-state index contributed by atoms with van der Waals surface area (Å²) in [6, 6.07) is 7.87. The number of nitrogens with zero attached hydrogens (tertiary/aromatic N) is 2. The van der Waals surface area contributed by atoms with Crippen LogP contribution in [0, 0.1) is 19.3 Å². The van der Waals surface area contributed by atoms with Gasteiger partial charge in [-0.25, -0.2) is 9.97 Å². The molecule has 0 unspecified atom stereocenters. The minimum atomic E-state index is -0.0418. The minimum Gasteiger partial charge on any atom is -0.382 e. The zero-order valence-corrected chi connectivity index (χ0v) is 11.1. The molecule has 92 valence electrons. The van der Waals surface area contributed by atoms with E-state index in [4.69, 9.17) is 11.1 Å². The first kappa shape index (κ1) is 12.6. The van der Waals surface area contributed by atoms with Crippen molar-refractivity contribution < 1.29 is 0 Å². The van der Waals surface area contributed by atoms with Gasteiger partial charge in [-0.15, -0.1) is 0 Å². The van der Waals surface area contributed by atoms with Crippen LogP contribution < -0.4 is 5.73 Å². The van der Waals surface area contributed by atoms with Gasteiger partial charge in [-0.05, 0) is 43.3 Å². The van der Waals surface area contributed by atoms with Crippen LogP contribution in [0.1, 0.15) is 16.8 Å². The summed E-state index contributed by atoms with van der Waals surface area (Å²) < 4.78 is 0. The Bertz CT molecular complexity index is 595. The molecule has 0 aliphatic rings. The molecule has 0 amide bonds. The lowest BCUT2D eigenvalue weighted by atomic mass is 10.2. The summed E-state index contributed by atoms with van der Waals surface area (Å²) >= 11 is 1.48. The number of aryl methyl sites for hydroxylation is 2. The van der Waals surface area contributed by atoms with Gasteiger partial charge in [0.1, 0.15) is 11.5 Å². The lowest BCUT2D eigenvalue weighted by Crippen LogP contribution is -2.13. The van der Waals surface area contributed by atoms with Gasteiger partial charge in [0, 0.05) is 11.1 Å². The van der Waals surface area contributed by atoms with E-state index in [1.165, 1.54) is 22.9 Å². The molecule has 0 aliphatic heterocycles. The van der Waals surface area contributed by atoms with Gasteiger partial charge in [-0.2, -0.15) is 0 Å². The Kier molecular flexibility index (Phi) is 3.62. The van der Waals surface area contributed by atoms with Gasteiger partial charge in [0.05, 0.1) is 0 Å². The molecule has 3 N–H and O–H groups in total. The summed E-state index contributed by atoms with van der Waals surface area (Å²) in [6.45, 7) is 4.12. The van der Waals surface area contributed by atoms with Crippen LogP contribution in [0.3, 0.4) is 0 Å². The predicted molar refractivity (Wildman–Crippen MR) is 73.1 cm³/mol. The van der Waals surface area contributed by atoms with Crippen molar-refractivity contribution in [3.63, 3.8) is 0 Å². The molecule has 1 aromatic carbocycles. The normalized spacial score (nSPS) is 10.3. The van der Waals surface area contributed by atoms with Crippen LogP contribution in [0.4, 0.5) is 0 Å². The molecule has 2 rings (SSSR count). The summed E-state index contributed by atoms with van der Waals surface area (Å²) in [4.78, 5) is 9.53. The third kappa shape index (κ3) is 2.87. The van der Waals surface area contributed by atoms with Crippen molar-refractivity contribution >= 4 is 17.6 Å². The molecular weight excluding hydrogens is 244 g/mol. The molecule has 2 aromatic rings. The average Bonchev–Trinajstić information content (AvgIpc) is 2.33. The summed E-state index contributed by atoms with van der Waals surface area (Å²) in [7, 11) is 0. The highest BCUT2D eigenvalue weighted by atomic mass is 32.2. The first-order chi connectivity index (χ1) is 8.56. The Hall–Kier alpha value is -1.88. The fourth-order valence-corrected chi connectivity index (χ4v) is 2.36. The van der Waals surface area contributed by atoms with Gasteiger partial charge >= 0.3 is 0 Å². The Balaban J connectivity index is 2.28. The molecule has 0 fully saturated rings. The Morgan fingerprint density at radius 2 is 2.06 bits per heavy atom. The van der Waals surface area contributed by atoms with Crippen LogP contribution in [0.25, 0.3) is 0 Å². The number of hydrogen-bond donors (Lipinski definition) is 2. The lowest BCUT2D eigenvalue weighted by Gasteiger charge is -2.06. The number of aromatic nitrogens is 2. The van der Waals surface area contributed by atoms with Crippen molar-refractivity contribution in [2.24, 2.45) is 5.73 Å². The number of hydrogen-bond acceptors (Lipinski definition) is 4. The molecule has 0 saturated heterocycles. The molecule has 1 heterocycles. The number of nitrogens with two attached hydrogens (primary N) is 1. The van der Waals surface area contributed by atoms with Crippen molar-refractivity contribution in [3.8, 4) is 0 Å². The highest BCUT2D eigenvalue weighted by Gasteiger charge is 2.06. The summed E-state index contributed by atoms with van der Waals surface area (Å²) in [6.07, 6.45) is 1.62. The Morgan fingerprint density at radius 3 is 2.72 bits per heavy atom. The van der Waals surface area contributed by atoms with Crippen LogP contribution in [0.15, 0.2) is 40.5 Å². The summed E-state index contributed by atoms with van der Waals surface area (Å²) in [5, 5.41) is 7.97. The SMILES string of the molecule is Cc1ccc(Sc2nccc(C(=N)N)n2)c(C)c1. The van der Waals surface area contributed by atoms with Crippen LogP contribution in [-0.2, 0) is 0 Å². The fourth-order valence-electron chi connectivity index (χ4n) is 1.55. The number of amidine groups is 1. The van der Waals surface area contributed by atoms with Crippen molar-refractivity contribution in [3.05, 3.63) is 47.3 Å². The predicted octanol–water partition coefficient (Wildman–Crippen LogP) is 2.53. The van der Waals surface area contributed by atoms with E-state index in [0.717, 1.165) is 4.90 Å². The van der Waals surface area contributed by atoms with Gasteiger partial charge in [0.15, 0.2) is 5.16 Å². The van der Waals surface area contributed by atoms with Crippen LogP contribution >= 0.6 is 11.8 Å². The van der Waals surface area contributed by atoms with Crippen molar-refractivity contribution in [1.82, 2.24) is 9.97 Å². The molecule has 0 saturated carbocycles. The molecule has 0 bridgehead atoms. The van der Waals surface area contributed by atoms with E-state index < -0.39 is 0 Å². The fraction of sp³-hybridized carbons (Fsp3) is 0.154. The van der Waals surface area contributed by atoms with Gasteiger partial charge in [0.2, 0.25) is 0 Å². The number of nitrogen functional groups attached to an aromatic ring is 1. The molecular formula is C13H14N4S. The van der Waals surface area contributed by atoms with Crippen molar-refractivity contribution in [1.29, 1.82) is 5.41 Å². The monoisotopic (exact) mass is 258 g/mol. The quantitative estimate of drug-likeness (QED) is 0.504. The molecule has 0 atom stereocenters. The Labute approximate surface area is 110 Å². The van der Waals surface area contributed by atoms with E-state index in [0.29, 0.717) is 10.9 Å². The zero-order valence-electron chi connectivity index (χ0n) is 10.3. The van der Waals surface area contributed by atoms with E-state index >= 15 is 0 Å². The first-order valence-electron chi connectivity index (χ1n) is 5.49. The smallest absolute Gasteiger partial charge is 0.193 e. The highest BCUT2D eigenvalue weighted by molar-refractivity contribution is 7.99. The van der Waals surface area contributed by atoms with Crippen LogP contribution in [0.5, 0.6) is 0 Å². The second-order valence-corrected chi connectivity index (χ2v) is 5.02. The van der Waals surface area contributed by atoms with Gasteiger partial charge in [0.25, 0.3) is 0 Å². The van der Waals surface area contributed by atoms with Gasteiger partial charge in [-0.1, -0.05) is 17.7 Å². The second kappa shape index (κ2) is 5.18. The largest absolute Gasteiger partial charge is 0.382 e. The molecule has 4 nitrogen and oxygen atoms in total. The number of benzene rings is 1. The molecule has 0 spiro atoms. The highest BCUT2D eigenvalue weighted by Crippen LogP contribution is 2.28. The van der Waals surface area contributed by atoms with Crippen LogP contribution in [-0.4, -0.2) is 15.8 Å². The Morgan fingerprint density at radius 1 is 1.28 bits per heavy atom. The molecule has 5 heteroatoms. The average molecular weight is 258 g/mol. The third-order valence-electron chi connectivity index (χ3n) is 2.44.